The van der Waals surface area contributed by atoms with Gasteiger partial charge in [0.25, 0.3) is 0 Å². The third kappa shape index (κ3) is 4.33. The van der Waals surface area contributed by atoms with Crippen LogP contribution in [-0.2, 0) is 0 Å². The molecule has 0 atom stereocenters. The van der Waals surface area contributed by atoms with Crippen molar-refractivity contribution in [3.05, 3.63) is 181 Å². The molecule has 228 valence electrons. The number of hydrogen-bond acceptors (Lipinski definition) is 1. The van der Waals surface area contributed by atoms with Gasteiger partial charge in [0.1, 0.15) is 11.3 Å². The molecule has 1 aromatic heterocycles. The zero-order chi connectivity index (χ0) is 51.5. The minimum absolute atomic E-state index is 0.0301. The van der Waals surface area contributed by atoms with E-state index < -0.39 is 204 Å². The summed E-state index contributed by atoms with van der Waals surface area (Å²) >= 11 is 0. The molecular weight excluding hydrogens is 593 g/mol. The Morgan fingerprint density at radius 2 is 0.959 bits per heavy atom. The summed E-state index contributed by atoms with van der Waals surface area (Å²) in [5.74, 6) is -0.488. The Morgan fingerprint density at radius 1 is 0.388 bits per heavy atom. The summed E-state index contributed by atoms with van der Waals surface area (Å²) in [7, 11) is 0. The van der Waals surface area contributed by atoms with E-state index in [2.05, 4.69) is 0 Å². The molecule has 10 aromatic rings. The molecule has 0 bridgehead atoms. The maximum atomic E-state index is 9.92. The van der Waals surface area contributed by atoms with E-state index in [1.165, 1.54) is 6.07 Å². The van der Waals surface area contributed by atoms with Gasteiger partial charge >= 0.3 is 0 Å². The normalized spacial score (nSPS) is 18.0. The van der Waals surface area contributed by atoms with Crippen molar-refractivity contribution in [2.24, 2.45) is 0 Å². The maximum Gasteiger partial charge on any atom is 0.143 e. The van der Waals surface area contributed by atoms with Crippen molar-refractivity contribution in [2.75, 3.05) is 0 Å². The Morgan fingerprint density at radius 3 is 1.65 bits per heavy atom. The molecule has 9 aromatic carbocycles. The fraction of sp³-hybridized carbons (Fsp3) is 0. The van der Waals surface area contributed by atoms with Gasteiger partial charge in [0.15, 0.2) is 0 Å². The van der Waals surface area contributed by atoms with Crippen LogP contribution in [0.2, 0.25) is 0 Å². The zero-order valence-electron chi connectivity index (χ0n) is 47.0. The fourth-order valence-electron chi connectivity index (χ4n) is 6.47. The molecule has 0 radical (unpaired) electrons. The summed E-state index contributed by atoms with van der Waals surface area (Å²) in [5, 5.41) is -3.86. The van der Waals surface area contributed by atoms with E-state index in [-0.39, 0.29) is 16.5 Å². The van der Waals surface area contributed by atoms with Crippen LogP contribution in [0.5, 0.6) is 0 Å². The number of rotatable bonds is 4. The van der Waals surface area contributed by atoms with Crippen LogP contribution in [0.15, 0.2) is 186 Å². The fourth-order valence-corrected chi connectivity index (χ4v) is 6.47. The monoisotopic (exact) mass is 644 g/mol. The van der Waals surface area contributed by atoms with Crippen molar-refractivity contribution in [3.63, 3.8) is 0 Å². The van der Waals surface area contributed by atoms with Crippen molar-refractivity contribution < 1.29 is 34.6 Å². The van der Waals surface area contributed by atoms with Crippen molar-refractivity contribution >= 4 is 54.1 Å². The molecule has 0 aliphatic heterocycles. The third-order valence-corrected chi connectivity index (χ3v) is 8.52. The zero-order valence-corrected chi connectivity index (χ0v) is 25.0. The Kier molecular flexibility index (Phi) is 3.07. The first-order valence-corrected chi connectivity index (χ1v) is 15.1. The molecule has 1 nitrogen and oxygen atoms in total. The van der Waals surface area contributed by atoms with E-state index in [9.17, 15) is 9.60 Å². The molecular formula is C48H30O. The molecule has 0 fully saturated rings. The molecule has 0 unspecified atom stereocenters. The second-order valence-electron chi connectivity index (χ2n) is 11.1. The Hall–Kier alpha value is -6.44. The van der Waals surface area contributed by atoms with Gasteiger partial charge in [0, 0.05) is 22.1 Å². The average Bonchev–Trinajstić information content (AvgIpc) is 3.74. The minimum Gasteiger partial charge on any atom is -0.455 e. The predicted octanol–water partition coefficient (Wildman–Crippen LogP) is 13.7. The predicted molar refractivity (Wildman–Crippen MR) is 208 cm³/mol. The first-order valence-electron chi connectivity index (χ1n) is 26.1. The van der Waals surface area contributed by atoms with E-state index in [4.69, 9.17) is 25.0 Å². The number of fused-ring (bicyclic) bond motifs is 6. The van der Waals surface area contributed by atoms with Gasteiger partial charge in [0.05, 0.1) is 30.2 Å². The van der Waals surface area contributed by atoms with Gasteiger partial charge in [-0.1, -0.05) is 163 Å². The standard InChI is InChI=1S/C48H30O/c1-3-15-31(16-4-1)33-27-28-42-44(30-33)49-48(43-29-34-19-7-8-20-35(34)36-21-9-10-22-37(36)43)47(42)46-40-25-13-11-23-38(40)45(32-17-5-2-6-18-32)39-24-12-14-26-41(39)46/h1-30H/i2D,5D,6D,7D,8D,9D,10D,11D,12D,13D,14D,17D,18D,19D,20D,21D,22D,23D,24D,25D,26D,29D. The average molecular weight is 645 g/mol. The van der Waals surface area contributed by atoms with Crippen LogP contribution in [0.4, 0.5) is 0 Å². The van der Waals surface area contributed by atoms with Crippen LogP contribution in [0.3, 0.4) is 0 Å². The molecule has 1 heteroatoms. The summed E-state index contributed by atoms with van der Waals surface area (Å²) in [6, 6.07) is -4.29. The van der Waals surface area contributed by atoms with E-state index in [1.54, 1.807) is 42.5 Å². The molecule has 0 saturated heterocycles. The second-order valence-corrected chi connectivity index (χ2v) is 11.1. The van der Waals surface area contributed by atoms with Crippen LogP contribution in [0.1, 0.15) is 30.2 Å². The largest absolute Gasteiger partial charge is 0.455 e. The minimum atomic E-state index is -0.869. The molecule has 0 N–H and O–H groups in total. The number of benzene rings is 9. The van der Waals surface area contributed by atoms with Gasteiger partial charge < -0.3 is 4.42 Å². The smallest absolute Gasteiger partial charge is 0.143 e. The summed E-state index contributed by atoms with van der Waals surface area (Å²) in [6.07, 6.45) is 0. The van der Waals surface area contributed by atoms with E-state index in [1.807, 2.05) is 0 Å². The maximum absolute atomic E-state index is 9.92. The van der Waals surface area contributed by atoms with Crippen LogP contribution in [0, 0.1) is 0 Å². The Bertz CT molecular complexity index is 4020. The van der Waals surface area contributed by atoms with Crippen molar-refractivity contribution in [2.45, 2.75) is 0 Å². The van der Waals surface area contributed by atoms with Crippen molar-refractivity contribution in [1.82, 2.24) is 0 Å². The first kappa shape index (κ1) is 13.6. The topological polar surface area (TPSA) is 13.1 Å². The molecule has 0 aliphatic rings. The summed E-state index contributed by atoms with van der Waals surface area (Å²) < 4.78 is 206. The lowest BCUT2D eigenvalue weighted by molar-refractivity contribution is 0.633. The molecule has 0 spiro atoms. The summed E-state index contributed by atoms with van der Waals surface area (Å²) in [4.78, 5) is 0. The highest BCUT2D eigenvalue weighted by molar-refractivity contribution is 6.26. The second kappa shape index (κ2) is 11.1. The molecule has 0 saturated carbocycles. The van der Waals surface area contributed by atoms with Crippen molar-refractivity contribution in [3.8, 4) is 44.7 Å². The SMILES string of the molecule is [2H]c1c([2H])c([2H])c(-c2c3c([2H])c([2H])c([2H])c([2H])c3c(-c3c(-c4c([2H])c5c([2H])c([2H])c([2H])c([2H])c5c5c([2H])c([2H])c([2H])c([2H])c45)oc4cc(-c5ccccc5)ccc34)c3c([2H])c([2H])c([2H])c([2H])c23)c([2H])c1[2H]. The van der Waals surface area contributed by atoms with Crippen LogP contribution in [-0.4, -0.2) is 0 Å². The summed E-state index contributed by atoms with van der Waals surface area (Å²) in [6.45, 7) is 0. The van der Waals surface area contributed by atoms with Gasteiger partial charge in [0.2, 0.25) is 0 Å². The van der Waals surface area contributed by atoms with Crippen LogP contribution >= 0.6 is 0 Å². The highest BCUT2D eigenvalue weighted by Gasteiger charge is 2.25. The molecule has 10 rings (SSSR count). The molecule has 0 amide bonds. The van der Waals surface area contributed by atoms with Crippen molar-refractivity contribution in [1.29, 1.82) is 0 Å². The van der Waals surface area contributed by atoms with Gasteiger partial charge in [-0.2, -0.15) is 0 Å². The highest BCUT2D eigenvalue weighted by atomic mass is 16.3. The van der Waals surface area contributed by atoms with Crippen LogP contribution in [0.25, 0.3) is 98.8 Å². The number of furan rings is 1. The molecule has 0 aliphatic carbocycles. The highest BCUT2D eigenvalue weighted by Crippen LogP contribution is 2.51. The lowest BCUT2D eigenvalue weighted by atomic mass is 9.84. The molecule has 49 heavy (non-hydrogen) atoms. The van der Waals surface area contributed by atoms with E-state index in [0.717, 1.165) is 0 Å². The lowest BCUT2D eigenvalue weighted by Gasteiger charge is -2.18. The van der Waals surface area contributed by atoms with Gasteiger partial charge in [-0.25, -0.2) is 0 Å². The molecule has 1 heterocycles. The van der Waals surface area contributed by atoms with E-state index >= 15 is 0 Å². The Balaban J connectivity index is 1.58. The third-order valence-electron chi connectivity index (χ3n) is 8.52. The van der Waals surface area contributed by atoms with Gasteiger partial charge in [-0.05, 0) is 83.5 Å². The Labute approximate surface area is 315 Å². The van der Waals surface area contributed by atoms with Gasteiger partial charge in [-0.15, -0.1) is 0 Å². The number of hydrogen-bond donors (Lipinski definition) is 0. The van der Waals surface area contributed by atoms with Gasteiger partial charge in [-0.3, -0.25) is 0 Å². The van der Waals surface area contributed by atoms with Crippen LogP contribution < -0.4 is 0 Å². The van der Waals surface area contributed by atoms with E-state index in [0.29, 0.717) is 11.1 Å². The quantitative estimate of drug-likeness (QED) is 0.137. The lowest BCUT2D eigenvalue weighted by Crippen LogP contribution is -1.92. The summed E-state index contributed by atoms with van der Waals surface area (Å²) in [5.41, 5.74) is -1.18. The first-order chi connectivity index (χ1) is 33.5.